The van der Waals surface area contributed by atoms with Crippen LogP contribution in [-0.4, -0.2) is 39.6 Å². The third-order valence-corrected chi connectivity index (χ3v) is 5.59. The number of benzene rings is 1. The van der Waals surface area contributed by atoms with E-state index in [4.69, 9.17) is 9.47 Å². The van der Waals surface area contributed by atoms with E-state index in [1.54, 1.807) is 24.4 Å². The Labute approximate surface area is 187 Å². The fourth-order valence-corrected chi connectivity index (χ4v) is 3.96. The van der Waals surface area contributed by atoms with Crippen LogP contribution >= 0.6 is 11.3 Å². The van der Waals surface area contributed by atoms with Crippen LogP contribution in [0, 0.1) is 0 Å². The summed E-state index contributed by atoms with van der Waals surface area (Å²) < 4.78 is 12.5. The molecule has 0 amide bonds. The van der Waals surface area contributed by atoms with E-state index in [0.717, 1.165) is 20.9 Å². The SMILES string of the molecule is CCOC(=O)c1c(-c2ccc(OCC)cc2)csc1/N=C/c1c(O)n(C)c(=O)n(C)c1=O. The predicted octanol–water partition coefficient (Wildman–Crippen LogP) is 2.84. The maximum absolute atomic E-state index is 12.7. The minimum Gasteiger partial charge on any atom is -0.494 e. The van der Waals surface area contributed by atoms with Gasteiger partial charge in [-0.2, -0.15) is 0 Å². The quantitative estimate of drug-likeness (QED) is 0.431. The Morgan fingerprint density at radius 2 is 1.81 bits per heavy atom. The van der Waals surface area contributed by atoms with Gasteiger partial charge in [-0.05, 0) is 31.5 Å². The smallest absolute Gasteiger partial charge is 0.341 e. The first kappa shape index (κ1) is 23.0. The molecule has 32 heavy (non-hydrogen) atoms. The van der Waals surface area contributed by atoms with Crippen molar-refractivity contribution in [1.29, 1.82) is 0 Å². The van der Waals surface area contributed by atoms with Crippen molar-refractivity contribution < 1.29 is 19.4 Å². The number of hydrogen-bond donors (Lipinski definition) is 1. The van der Waals surface area contributed by atoms with Crippen molar-refractivity contribution in [3.63, 3.8) is 0 Å². The minimum absolute atomic E-state index is 0.166. The highest BCUT2D eigenvalue weighted by Gasteiger charge is 2.22. The molecule has 0 bridgehead atoms. The van der Waals surface area contributed by atoms with E-state index >= 15 is 0 Å². The zero-order valence-electron chi connectivity index (χ0n) is 18.1. The maximum Gasteiger partial charge on any atom is 0.341 e. The van der Waals surface area contributed by atoms with Gasteiger partial charge in [0.2, 0.25) is 5.88 Å². The second-order valence-corrected chi connectivity index (χ2v) is 7.57. The molecule has 10 heteroatoms. The largest absolute Gasteiger partial charge is 0.494 e. The number of carbonyl (C=O) groups excluding carboxylic acids is 1. The van der Waals surface area contributed by atoms with Gasteiger partial charge in [0, 0.05) is 31.3 Å². The fraction of sp³-hybridized carbons (Fsp3) is 0.273. The molecule has 0 aliphatic carbocycles. The second-order valence-electron chi connectivity index (χ2n) is 6.71. The molecular formula is C22H23N3O6S. The fourth-order valence-electron chi connectivity index (χ4n) is 3.05. The zero-order valence-corrected chi connectivity index (χ0v) is 18.9. The van der Waals surface area contributed by atoms with Crippen LogP contribution in [0.3, 0.4) is 0 Å². The minimum atomic E-state index is -0.699. The lowest BCUT2D eigenvalue weighted by Gasteiger charge is -2.08. The average Bonchev–Trinajstić information content (AvgIpc) is 3.21. The Morgan fingerprint density at radius 1 is 1.12 bits per heavy atom. The van der Waals surface area contributed by atoms with Crippen molar-refractivity contribution in [3.05, 3.63) is 61.6 Å². The van der Waals surface area contributed by atoms with E-state index in [2.05, 4.69) is 4.99 Å². The molecule has 3 rings (SSSR count). The van der Waals surface area contributed by atoms with E-state index < -0.39 is 23.1 Å². The highest BCUT2D eigenvalue weighted by atomic mass is 32.1. The lowest BCUT2D eigenvalue weighted by molar-refractivity contribution is 0.0529. The molecule has 0 saturated heterocycles. The van der Waals surface area contributed by atoms with Crippen LogP contribution in [0.2, 0.25) is 0 Å². The topological polar surface area (TPSA) is 112 Å². The maximum atomic E-state index is 12.7. The normalized spacial score (nSPS) is 11.1. The molecule has 1 aromatic carbocycles. The molecule has 0 fully saturated rings. The molecule has 168 valence electrons. The number of thiophene rings is 1. The van der Waals surface area contributed by atoms with E-state index in [1.807, 2.05) is 19.1 Å². The van der Waals surface area contributed by atoms with Gasteiger partial charge in [-0.25, -0.2) is 14.6 Å². The Bertz CT molecular complexity index is 1280. The molecule has 0 radical (unpaired) electrons. The van der Waals surface area contributed by atoms with Crippen LogP contribution in [0.15, 0.2) is 44.2 Å². The number of hydrogen-bond acceptors (Lipinski definition) is 8. The standard InChI is InChI=1S/C22H23N3O6S/c1-5-30-14-9-7-13(8-10-14)16-12-32-18(17(16)21(28)31-6-2)23-11-15-19(26)24(3)22(29)25(4)20(15)27/h7-12,26H,5-6H2,1-4H3/b23-11+. The molecule has 1 N–H and O–H groups in total. The van der Waals surface area contributed by atoms with E-state index in [0.29, 0.717) is 22.9 Å². The third-order valence-electron chi connectivity index (χ3n) is 4.71. The van der Waals surface area contributed by atoms with Crippen LogP contribution in [0.25, 0.3) is 11.1 Å². The van der Waals surface area contributed by atoms with Crippen molar-refractivity contribution in [2.75, 3.05) is 13.2 Å². The summed E-state index contributed by atoms with van der Waals surface area (Å²) in [6.45, 7) is 4.33. The molecule has 0 aliphatic rings. The number of rotatable bonds is 7. The summed E-state index contributed by atoms with van der Waals surface area (Å²) in [6, 6.07) is 7.27. The lowest BCUT2D eigenvalue weighted by Crippen LogP contribution is -2.38. The Morgan fingerprint density at radius 3 is 2.44 bits per heavy atom. The molecule has 0 unspecified atom stereocenters. The highest BCUT2D eigenvalue weighted by Crippen LogP contribution is 2.38. The number of nitrogens with zero attached hydrogens (tertiary/aromatic N) is 3. The predicted molar refractivity (Wildman–Crippen MR) is 123 cm³/mol. The lowest BCUT2D eigenvalue weighted by atomic mass is 10.0. The van der Waals surface area contributed by atoms with Gasteiger partial charge < -0.3 is 14.6 Å². The monoisotopic (exact) mass is 457 g/mol. The zero-order chi connectivity index (χ0) is 23.4. The molecule has 3 aromatic rings. The Hall–Kier alpha value is -3.66. The summed E-state index contributed by atoms with van der Waals surface area (Å²) in [5.41, 5.74) is 0.122. The molecule has 2 heterocycles. The highest BCUT2D eigenvalue weighted by molar-refractivity contribution is 7.14. The number of aliphatic imine (C=N–C) groups is 1. The first-order chi connectivity index (χ1) is 15.3. The van der Waals surface area contributed by atoms with Crippen LogP contribution < -0.4 is 16.0 Å². The number of esters is 1. The van der Waals surface area contributed by atoms with Crippen molar-refractivity contribution in [1.82, 2.24) is 9.13 Å². The van der Waals surface area contributed by atoms with E-state index in [9.17, 15) is 19.5 Å². The summed E-state index contributed by atoms with van der Waals surface area (Å²) in [5, 5.41) is 12.3. The number of aromatic nitrogens is 2. The molecule has 2 aromatic heterocycles. The van der Waals surface area contributed by atoms with Gasteiger partial charge in [0.15, 0.2) is 0 Å². The van der Waals surface area contributed by atoms with Crippen molar-refractivity contribution in [2.24, 2.45) is 19.1 Å². The van der Waals surface area contributed by atoms with Gasteiger partial charge in [0.1, 0.15) is 21.9 Å². The molecule has 0 aliphatic heterocycles. The molecule has 0 saturated carbocycles. The Balaban J connectivity index is 2.09. The van der Waals surface area contributed by atoms with Gasteiger partial charge >= 0.3 is 11.7 Å². The van der Waals surface area contributed by atoms with E-state index in [-0.39, 0.29) is 17.7 Å². The van der Waals surface area contributed by atoms with Crippen molar-refractivity contribution >= 4 is 28.5 Å². The van der Waals surface area contributed by atoms with Gasteiger partial charge in [-0.15, -0.1) is 11.3 Å². The van der Waals surface area contributed by atoms with Gasteiger partial charge in [-0.3, -0.25) is 13.9 Å². The van der Waals surface area contributed by atoms with Gasteiger partial charge in [0.25, 0.3) is 5.56 Å². The van der Waals surface area contributed by atoms with Gasteiger partial charge in [0.05, 0.1) is 13.2 Å². The summed E-state index contributed by atoms with van der Waals surface area (Å²) >= 11 is 1.19. The molecular weight excluding hydrogens is 434 g/mol. The van der Waals surface area contributed by atoms with E-state index in [1.165, 1.54) is 25.4 Å². The summed E-state index contributed by atoms with van der Waals surface area (Å²) in [4.78, 5) is 41.3. The van der Waals surface area contributed by atoms with Crippen LogP contribution in [0.1, 0.15) is 29.8 Å². The van der Waals surface area contributed by atoms with Crippen molar-refractivity contribution in [3.8, 4) is 22.8 Å². The first-order valence-corrected chi connectivity index (χ1v) is 10.7. The van der Waals surface area contributed by atoms with Crippen LogP contribution in [0.4, 0.5) is 5.00 Å². The first-order valence-electron chi connectivity index (χ1n) is 9.84. The third kappa shape index (κ3) is 4.35. The number of carbonyl (C=O) groups is 1. The summed E-state index contributed by atoms with van der Waals surface area (Å²) in [7, 11) is 2.65. The second kappa shape index (κ2) is 9.65. The summed E-state index contributed by atoms with van der Waals surface area (Å²) in [6.07, 6.45) is 1.15. The number of ether oxygens (including phenoxy) is 2. The Kier molecular flexibility index (Phi) is 6.94. The summed E-state index contributed by atoms with van der Waals surface area (Å²) in [5.74, 6) is -0.353. The van der Waals surface area contributed by atoms with Crippen molar-refractivity contribution in [2.45, 2.75) is 13.8 Å². The molecule has 0 atom stereocenters. The van der Waals surface area contributed by atoms with Gasteiger partial charge in [-0.1, -0.05) is 12.1 Å². The molecule has 0 spiro atoms. The molecule has 9 nitrogen and oxygen atoms in total. The average molecular weight is 458 g/mol. The van der Waals surface area contributed by atoms with Crippen LogP contribution in [0.5, 0.6) is 11.6 Å². The van der Waals surface area contributed by atoms with Crippen LogP contribution in [-0.2, 0) is 18.8 Å². The number of aromatic hydroxyl groups is 1.